The lowest BCUT2D eigenvalue weighted by Gasteiger charge is -2.39. The third-order valence-corrected chi connectivity index (χ3v) is 4.96. The highest BCUT2D eigenvalue weighted by atomic mass is 16.5. The minimum atomic E-state index is -0.0167. The number of ether oxygens (including phenoxy) is 1. The van der Waals surface area contributed by atoms with Gasteiger partial charge in [-0.1, -0.05) is 36.4 Å². The molecule has 0 radical (unpaired) electrons. The molecule has 2 aromatic rings. The predicted octanol–water partition coefficient (Wildman–Crippen LogP) is 4.27. The van der Waals surface area contributed by atoms with E-state index in [2.05, 4.69) is 41.1 Å². The molecule has 1 aliphatic heterocycles. The number of likely N-dealkylation sites (tertiary alicyclic amines) is 1. The molecule has 0 bridgehead atoms. The third-order valence-electron chi connectivity index (χ3n) is 4.96. The molecule has 2 aromatic carbocycles. The summed E-state index contributed by atoms with van der Waals surface area (Å²) in [7, 11) is 1.63. The van der Waals surface area contributed by atoms with E-state index < -0.39 is 0 Å². The number of hydrogen-bond acceptors (Lipinski definition) is 3. The molecule has 0 saturated carbocycles. The molecule has 4 heteroatoms. The summed E-state index contributed by atoms with van der Waals surface area (Å²) < 4.78 is 5.16. The third kappa shape index (κ3) is 4.33. The van der Waals surface area contributed by atoms with Crippen LogP contribution in [0.15, 0.2) is 67.3 Å². The molecule has 1 heterocycles. The SMILES string of the molecule is C=CCN1CC(C(=O)Nc2ccc(OC)cc2)CCC1c1ccccc1. The number of benzene rings is 2. The van der Waals surface area contributed by atoms with Gasteiger partial charge in [0.15, 0.2) is 0 Å². The number of nitrogens with one attached hydrogen (secondary N) is 1. The molecule has 136 valence electrons. The van der Waals surface area contributed by atoms with Crippen LogP contribution in [0, 0.1) is 5.92 Å². The first-order valence-corrected chi connectivity index (χ1v) is 9.06. The first-order valence-electron chi connectivity index (χ1n) is 9.06. The number of carbonyl (C=O) groups excluding carboxylic acids is 1. The van der Waals surface area contributed by atoms with E-state index in [0.717, 1.165) is 37.4 Å². The van der Waals surface area contributed by atoms with Crippen LogP contribution < -0.4 is 10.1 Å². The lowest BCUT2D eigenvalue weighted by Crippen LogP contribution is -2.42. The van der Waals surface area contributed by atoms with E-state index in [1.54, 1.807) is 7.11 Å². The first-order chi connectivity index (χ1) is 12.7. The second kappa shape index (κ2) is 8.68. The van der Waals surface area contributed by atoms with E-state index in [1.807, 2.05) is 36.4 Å². The summed E-state index contributed by atoms with van der Waals surface area (Å²) in [6.45, 7) is 5.41. The summed E-state index contributed by atoms with van der Waals surface area (Å²) >= 11 is 0. The molecule has 0 spiro atoms. The van der Waals surface area contributed by atoms with E-state index in [1.165, 1.54) is 5.56 Å². The first kappa shape index (κ1) is 18.2. The summed E-state index contributed by atoms with van der Waals surface area (Å²) in [5, 5.41) is 3.03. The molecule has 1 N–H and O–H groups in total. The van der Waals surface area contributed by atoms with E-state index in [4.69, 9.17) is 4.74 Å². The monoisotopic (exact) mass is 350 g/mol. The maximum Gasteiger partial charge on any atom is 0.228 e. The minimum Gasteiger partial charge on any atom is -0.497 e. The smallest absolute Gasteiger partial charge is 0.228 e. The zero-order valence-electron chi connectivity index (χ0n) is 15.2. The van der Waals surface area contributed by atoms with Crippen molar-refractivity contribution in [1.82, 2.24) is 4.90 Å². The lowest BCUT2D eigenvalue weighted by atomic mass is 9.88. The maximum absolute atomic E-state index is 12.7. The van der Waals surface area contributed by atoms with Crippen molar-refractivity contribution in [2.45, 2.75) is 18.9 Å². The average molecular weight is 350 g/mol. The Morgan fingerprint density at radius 3 is 2.58 bits per heavy atom. The molecule has 2 unspecified atom stereocenters. The number of anilines is 1. The van der Waals surface area contributed by atoms with Crippen LogP contribution in [0.25, 0.3) is 0 Å². The Labute approximate surface area is 155 Å². The van der Waals surface area contributed by atoms with Gasteiger partial charge in [0.2, 0.25) is 5.91 Å². The van der Waals surface area contributed by atoms with Crippen molar-refractivity contribution in [3.05, 3.63) is 72.8 Å². The molecule has 2 atom stereocenters. The Hall–Kier alpha value is -2.59. The van der Waals surface area contributed by atoms with Crippen LogP contribution in [-0.4, -0.2) is 31.0 Å². The summed E-state index contributed by atoms with van der Waals surface area (Å²) in [6.07, 6.45) is 3.77. The molecule has 0 aliphatic carbocycles. The van der Waals surface area contributed by atoms with Crippen LogP contribution in [0.5, 0.6) is 5.75 Å². The van der Waals surface area contributed by atoms with Crippen molar-refractivity contribution in [2.75, 3.05) is 25.5 Å². The molecule has 0 aromatic heterocycles. The van der Waals surface area contributed by atoms with Crippen molar-refractivity contribution >= 4 is 11.6 Å². The van der Waals surface area contributed by atoms with E-state index in [-0.39, 0.29) is 11.8 Å². The van der Waals surface area contributed by atoms with Gasteiger partial charge in [0, 0.05) is 24.8 Å². The molecule has 4 nitrogen and oxygen atoms in total. The molecular formula is C22H26N2O2. The van der Waals surface area contributed by atoms with Gasteiger partial charge in [-0.2, -0.15) is 0 Å². The second-order valence-electron chi connectivity index (χ2n) is 6.66. The average Bonchev–Trinajstić information content (AvgIpc) is 2.69. The van der Waals surface area contributed by atoms with Gasteiger partial charge in [-0.25, -0.2) is 0 Å². The molecule has 26 heavy (non-hydrogen) atoms. The molecular weight excluding hydrogens is 324 g/mol. The topological polar surface area (TPSA) is 41.6 Å². The van der Waals surface area contributed by atoms with Crippen molar-refractivity contribution < 1.29 is 9.53 Å². The fourth-order valence-electron chi connectivity index (χ4n) is 3.60. The quantitative estimate of drug-likeness (QED) is 0.791. The summed E-state index contributed by atoms with van der Waals surface area (Å²) in [5.74, 6) is 0.844. The van der Waals surface area contributed by atoms with Gasteiger partial charge >= 0.3 is 0 Å². The van der Waals surface area contributed by atoms with Gasteiger partial charge in [-0.15, -0.1) is 6.58 Å². The van der Waals surface area contributed by atoms with E-state index in [9.17, 15) is 4.79 Å². The number of carbonyl (C=O) groups is 1. The molecule has 1 aliphatic rings. The second-order valence-corrected chi connectivity index (χ2v) is 6.66. The standard InChI is InChI=1S/C22H26N2O2/c1-3-15-24-16-18(9-14-21(24)17-7-5-4-6-8-17)22(25)23-19-10-12-20(26-2)13-11-19/h3-8,10-13,18,21H,1,9,14-16H2,2H3,(H,23,25). The fourth-order valence-corrected chi connectivity index (χ4v) is 3.60. The Kier molecular flexibility index (Phi) is 6.08. The van der Waals surface area contributed by atoms with Gasteiger partial charge in [-0.05, 0) is 42.7 Å². The van der Waals surface area contributed by atoms with Crippen molar-refractivity contribution in [3.63, 3.8) is 0 Å². The van der Waals surface area contributed by atoms with Crippen LogP contribution in [0.3, 0.4) is 0 Å². The predicted molar refractivity (Wildman–Crippen MR) is 105 cm³/mol. The highest BCUT2D eigenvalue weighted by Crippen LogP contribution is 2.33. The molecule has 3 rings (SSSR count). The van der Waals surface area contributed by atoms with Crippen LogP contribution >= 0.6 is 0 Å². The Morgan fingerprint density at radius 1 is 1.19 bits per heavy atom. The highest BCUT2D eigenvalue weighted by Gasteiger charge is 2.32. The number of piperidine rings is 1. The van der Waals surface area contributed by atoms with Crippen molar-refractivity contribution in [1.29, 1.82) is 0 Å². The van der Waals surface area contributed by atoms with Gasteiger partial charge in [0.05, 0.1) is 13.0 Å². The van der Waals surface area contributed by atoms with Crippen LogP contribution in [0.1, 0.15) is 24.4 Å². The molecule has 1 fully saturated rings. The largest absolute Gasteiger partial charge is 0.497 e. The fraction of sp³-hybridized carbons (Fsp3) is 0.318. The zero-order chi connectivity index (χ0) is 18.4. The number of nitrogens with zero attached hydrogens (tertiary/aromatic N) is 1. The number of methoxy groups -OCH3 is 1. The molecule has 1 saturated heterocycles. The van der Waals surface area contributed by atoms with Crippen molar-refractivity contribution in [2.24, 2.45) is 5.92 Å². The normalized spacial score (nSPS) is 20.3. The summed E-state index contributed by atoms with van der Waals surface area (Å²) in [5.41, 5.74) is 2.11. The van der Waals surface area contributed by atoms with Gasteiger partial charge in [0.25, 0.3) is 0 Å². The lowest BCUT2D eigenvalue weighted by molar-refractivity contribution is -0.122. The number of amides is 1. The zero-order valence-corrected chi connectivity index (χ0v) is 15.2. The van der Waals surface area contributed by atoms with Crippen molar-refractivity contribution in [3.8, 4) is 5.75 Å². The van der Waals surface area contributed by atoms with Gasteiger partial charge in [-0.3, -0.25) is 9.69 Å². The van der Waals surface area contributed by atoms with Crippen LogP contribution in [0.2, 0.25) is 0 Å². The number of hydrogen-bond donors (Lipinski definition) is 1. The summed E-state index contributed by atoms with van der Waals surface area (Å²) in [6, 6.07) is 18.3. The summed E-state index contributed by atoms with van der Waals surface area (Å²) in [4.78, 5) is 15.1. The van der Waals surface area contributed by atoms with E-state index in [0.29, 0.717) is 6.04 Å². The highest BCUT2D eigenvalue weighted by molar-refractivity contribution is 5.92. The van der Waals surface area contributed by atoms with Gasteiger partial charge < -0.3 is 10.1 Å². The number of rotatable bonds is 6. The Bertz CT molecular complexity index is 728. The molecule has 1 amide bonds. The van der Waals surface area contributed by atoms with Gasteiger partial charge in [0.1, 0.15) is 5.75 Å². The Morgan fingerprint density at radius 2 is 1.92 bits per heavy atom. The van der Waals surface area contributed by atoms with E-state index >= 15 is 0 Å². The maximum atomic E-state index is 12.7. The van der Waals surface area contributed by atoms with Crippen LogP contribution in [-0.2, 0) is 4.79 Å². The van der Waals surface area contributed by atoms with Crippen LogP contribution in [0.4, 0.5) is 5.69 Å². The minimum absolute atomic E-state index is 0.0167. The Balaban J connectivity index is 1.66.